The van der Waals surface area contributed by atoms with Gasteiger partial charge in [-0.15, -0.1) is 0 Å². The SMILES string of the molecule is O=C(O)CC(O)(CC(=O)O)C(=O)O.O=C(O)CN(CCO)CCO. The van der Waals surface area contributed by atoms with Crippen molar-refractivity contribution in [3.8, 4) is 0 Å². The molecule has 12 heteroatoms. The quantitative estimate of drug-likeness (QED) is 0.199. The van der Waals surface area contributed by atoms with E-state index < -0.39 is 42.3 Å². The van der Waals surface area contributed by atoms with Gasteiger partial charge in [0, 0.05) is 13.1 Å². The van der Waals surface area contributed by atoms with Crippen molar-refractivity contribution >= 4 is 23.9 Å². The number of aliphatic hydroxyl groups excluding tert-OH is 2. The molecule has 0 aliphatic rings. The molecule has 0 atom stereocenters. The molecule has 0 amide bonds. The monoisotopic (exact) mass is 355 g/mol. The Labute approximate surface area is 136 Å². The third-order valence-corrected chi connectivity index (χ3v) is 2.48. The van der Waals surface area contributed by atoms with Crippen LogP contribution in [-0.2, 0) is 19.2 Å². The highest BCUT2D eigenvalue weighted by Gasteiger charge is 2.40. The van der Waals surface area contributed by atoms with Gasteiger partial charge in [0.05, 0.1) is 32.6 Å². The molecule has 0 aliphatic heterocycles. The normalized spacial score (nSPS) is 10.7. The van der Waals surface area contributed by atoms with Crippen LogP contribution >= 0.6 is 0 Å². The van der Waals surface area contributed by atoms with Crippen LogP contribution in [0, 0.1) is 0 Å². The summed E-state index contributed by atoms with van der Waals surface area (Å²) >= 11 is 0. The number of aliphatic carboxylic acids is 4. The van der Waals surface area contributed by atoms with Gasteiger partial charge in [-0.25, -0.2) is 4.79 Å². The lowest BCUT2D eigenvalue weighted by Crippen LogP contribution is -2.42. The van der Waals surface area contributed by atoms with Crippen LogP contribution in [0.3, 0.4) is 0 Å². The molecule has 0 heterocycles. The van der Waals surface area contributed by atoms with Gasteiger partial charge in [0.25, 0.3) is 0 Å². The van der Waals surface area contributed by atoms with Crippen LogP contribution in [0.2, 0.25) is 0 Å². The minimum absolute atomic E-state index is 0.0900. The Bertz CT molecular complexity index is 415. The molecule has 0 fully saturated rings. The van der Waals surface area contributed by atoms with Gasteiger partial charge in [0.15, 0.2) is 5.60 Å². The smallest absolute Gasteiger partial charge is 0.336 e. The van der Waals surface area contributed by atoms with E-state index in [1.54, 1.807) is 0 Å². The molecule has 0 spiro atoms. The van der Waals surface area contributed by atoms with Crippen LogP contribution in [0.4, 0.5) is 0 Å². The summed E-state index contributed by atoms with van der Waals surface area (Å²) in [6, 6.07) is 0. The maximum absolute atomic E-state index is 10.3. The van der Waals surface area contributed by atoms with Gasteiger partial charge < -0.3 is 35.7 Å². The van der Waals surface area contributed by atoms with E-state index in [-0.39, 0.29) is 32.8 Å². The third kappa shape index (κ3) is 12.3. The number of nitrogens with zero attached hydrogens (tertiary/aromatic N) is 1. The average molecular weight is 355 g/mol. The number of carboxylic acids is 4. The highest BCUT2D eigenvalue weighted by atomic mass is 16.4. The van der Waals surface area contributed by atoms with E-state index >= 15 is 0 Å². The zero-order valence-corrected chi connectivity index (χ0v) is 12.7. The Balaban J connectivity index is 0. The molecule has 0 saturated heterocycles. The maximum Gasteiger partial charge on any atom is 0.336 e. The molecular weight excluding hydrogens is 334 g/mol. The largest absolute Gasteiger partial charge is 0.481 e. The number of carbonyl (C=O) groups is 4. The average Bonchev–Trinajstić information content (AvgIpc) is 2.37. The first kappa shape index (κ1) is 24.0. The van der Waals surface area contributed by atoms with E-state index in [1.807, 2.05) is 0 Å². The molecule has 0 aromatic rings. The van der Waals surface area contributed by atoms with Gasteiger partial charge in [-0.2, -0.15) is 0 Å². The fourth-order valence-electron chi connectivity index (χ4n) is 1.46. The zero-order valence-electron chi connectivity index (χ0n) is 12.7. The summed E-state index contributed by atoms with van der Waals surface area (Å²) in [6.07, 6.45) is -2.29. The number of aliphatic hydroxyl groups is 3. The number of carboxylic acid groups (broad SMARTS) is 4. The van der Waals surface area contributed by atoms with Crippen molar-refractivity contribution in [1.82, 2.24) is 4.90 Å². The molecule has 0 bridgehead atoms. The predicted octanol–water partition coefficient (Wildman–Crippen LogP) is -2.89. The predicted molar refractivity (Wildman–Crippen MR) is 75.3 cm³/mol. The standard InChI is InChI=1S/C6H13NO4.C6H8O7/c8-3-1-7(2-4-9)5-6(10)11;7-3(8)1-6(13,5(11)12)2-4(9)10/h8-9H,1-5H2,(H,10,11);13H,1-2H2,(H,7,8)(H,9,10)(H,11,12). The molecule has 0 aromatic heterocycles. The highest BCUT2D eigenvalue weighted by molar-refractivity contribution is 5.88. The Morgan fingerprint density at radius 2 is 1.12 bits per heavy atom. The van der Waals surface area contributed by atoms with Gasteiger partial charge in [0.1, 0.15) is 0 Å². The Morgan fingerprint density at radius 1 is 0.750 bits per heavy atom. The van der Waals surface area contributed by atoms with E-state index in [4.69, 9.17) is 35.7 Å². The van der Waals surface area contributed by atoms with Gasteiger partial charge in [-0.1, -0.05) is 0 Å². The molecule has 0 rings (SSSR count). The second kappa shape index (κ2) is 12.2. The molecular formula is C12H21NO11. The van der Waals surface area contributed by atoms with Gasteiger partial charge in [-0.3, -0.25) is 19.3 Å². The molecule has 0 aromatic carbocycles. The van der Waals surface area contributed by atoms with Gasteiger partial charge >= 0.3 is 23.9 Å². The van der Waals surface area contributed by atoms with Crippen LogP contribution in [0.25, 0.3) is 0 Å². The molecule has 0 aliphatic carbocycles. The van der Waals surface area contributed by atoms with Crippen LogP contribution in [0.5, 0.6) is 0 Å². The number of rotatable bonds is 11. The summed E-state index contributed by atoms with van der Waals surface area (Å²) in [5, 5.41) is 59.1. The van der Waals surface area contributed by atoms with Gasteiger partial charge in [-0.05, 0) is 0 Å². The van der Waals surface area contributed by atoms with E-state index in [9.17, 15) is 19.2 Å². The minimum atomic E-state index is -2.74. The molecule has 0 unspecified atom stereocenters. The van der Waals surface area contributed by atoms with Crippen molar-refractivity contribution in [2.24, 2.45) is 0 Å². The summed E-state index contributed by atoms with van der Waals surface area (Å²) in [7, 11) is 0. The molecule has 24 heavy (non-hydrogen) atoms. The van der Waals surface area contributed by atoms with E-state index in [0.29, 0.717) is 0 Å². The Morgan fingerprint density at radius 3 is 1.33 bits per heavy atom. The Kier molecular flexibility index (Phi) is 12.2. The Hall–Kier alpha value is -2.28. The van der Waals surface area contributed by atoms with Crippen LogP contribution < -0.4 is 0 Å². The molecule has 7 N–H and O–H groups in total. The van der Waals surface area contributed by atoms with E-state index in [1.165, 1.54) is 4.90 Å². The maximum atomic E-state index is 10.3. The zero-order chi connectivity index (χ0) is 19.3. The van der Waals surface area contributed by atoms with Crippen molar-refractivity contribution in [2.75, 3.05) is 32.8 Å². The molecule has 140 valence electrons. The highest BCUT2D eigenvalue weighted by Crippen LogP contribution is 2.15. The van der Waals surface area contributed by atoms with Crippen LogP contribution in [0.1, 0.15) is 12.8 Å². The van der Waals surface area contributed by atoms with Crippen molar-refractivity contribution in [1.29, 1.82) is 0 Å². The lowest BCUT2D eigenvalue weighted by molar-refractivity contribution is -0.170. The second-order valence-corrected chi connectivity index (χ2v) is 4.59. The first-order valence-electron chi connectivity index (χ1n) is 6.53. The van der Waals surface area contributed by atoms with Gasteiger partial charge in [0.2, 0.25) is 0 Å². The lowest BCUT2D eigenvalue weighted by atomic mass is 9.96. The first-order valence-corrected chi connectivity index (χ1v) is 6.53. The van der Waals surface area contributed by atoms with Crippen molar-refractivity contribution in [3.63, 3.8) is 0 Å². The summed E-state index contributed by atoms with van der Waals surface area (Å²) in [5.41, 5.74) is -2.74. The third-order valence-electron chi connectivity index (χ3n) is 2.48. The number of hydrogen-bond donors (Lipinski definition) is 7. The first-order chi connectivity index (χ1) is 11.0. The molecule has 0 radical (unpaired) electrons. The fraction of sp³-hybridized carbons (Fsp3) is 0.667. The minimum Gasteiger partial charge on any atom is -0.481 e. The summed E-state index contributed by atoms with van der Waals surface area (Å²) < 4.78 is 0. The number of hydrogen-bond acceptors (Lipinski definition) is 8. The second-order valence-electron chi connectivity index (χ2n) is 4.59. The lowest BCUT2D eigenvalue weighted by Gasteiger charge is -2.18. The van der Waals surface area contributed by atoms with Crippen molar-refractivity contribution in [2.45, 2.75) is 18.4 Å². The fourth-order valence-corrected chi connectivity index (χ4v) is 1.46. The van der Waals surface area contributed by atoms with E-state index in [2.05, 4.69) is 0 Å². The van der Waals surface area contributed by atoms with Crippen molar-refractivity contribution in [3.05, 3.63) is 0 Å². The van der Waals surface area contributed by atoms with Crippen LogP contribution in [0.15, 0.2) is 0 Å². The van der Waals surface area contributed by atoms with Crippen molar-refractivity contribution < 1.29 is 54.9 Å². The van der Waals surface area contributed by atoms with E-state index in [0.717, 1.165) is 0 Å². The van der Waals surface area contributed by atoms with Crippen LogP contribution in [-0.4, -0.2) is 103 Å². The summed E-state index contributed by atoms with van der Waals surface area (Å²) in [4.78, 5) is 42.1. The summed E-state index contributed by atoms with van der Waals surface area (Å²) in [6.45, 7) is 0.251. The summed E-state index contributed by atoms with van der Waals surface area (Å²) in [5.74, 6) is -5.97. The molecule has 12 nitrogen and oxygen atoms in total. The molecule has 0 saturated carbocycles. The topological polar surface area (TPSA) is 213 Å².